The Kier molecular flexibility index (Phi) is 2.18. The first-order valence-electron chi connectivity index (χ1n) is 4.67. The molecule has 0 aliphatic carbocycles. The van der Waals surface area contributed by atoms with E-state index in [0.29, 0.717) is 12.2 Å². The van der Waals surface area contributed by atoms with Crippen molar-refractivity contribution in [2.45, 2.75) is 20.3 Å². The summed E-state index contributed by atoms with van der Waals surface area (Å²) in [6, 6.07) is 0. The van der Waals surface area contributed by atoms with Crippen molar-refractivity contribution in [3.8, 4) is 0 Å². The van der Waals surface area contributed by atoms with Crippen molar-refractivity contribution in [1.29, 1.82) is 0 Å². The maximum atomic E-state index is 11.8. The molecule has 0 fully saturated rings. The largest absolute Gasteiger partial charge is 0.357 e. The van der Waals surface area contributed by atoms with Crippen molar-refractivity contribution in [2.24, 2.45) is 0 Å². The highest BCUT2D eigenvalue weighted by atomic mass is 16.6. The Balaban J connectivity index is 2.92. The highest BCUT2D eigenvalue weighted by Gasteiger charge is 2.23. The van der Waals surface area contributed by atoms with Crippen LogP contribution in [0, 0.1) is 17.0 Å². The molecule has 0 atom stereocenters. The predicted molar refractivity (Wildman–Crippen MR) is 54.4 cm³/mol. The fourth-order valence-electron chi connectivity index (χ4n) is 1.49. The van der Waals surface area contributed by atoms with Gasteiger partial charge in [0.1, 0.15) is 11.5 Å². The number of fused-ring (bicyclic) bond motifs is 1. The number of hydrogen-bond donors (Lipinski definition) is 1. The van der Waals surface area contributed by atoms with Crippen molar-refractivity contribution in [3.05, 3.63) is 32.0 Å². The third kappa shape index (κ3) is 1.35. The van der Waals surface area contributed by atoms with E-state index in [1.807, 2.05) is 0 Å². The van der Waals surface area contributed by atoms with Gasteiger partial charge in [0.15, 0.2) is 0 Å². The average molecular weight is 223 g/mol. The SMILES string of the molecule is CCc1nc2nc(C)[nH]n2c(=O)c1[N+](=O)[O-]. The Labute approximate surface area is 89.1 Å². The molecular formula is C8H9N5O3. The van der Waals surface area contributed by atoms with Crippen LogP contribution < -0.4 is 5.56 Å². The van der Waals surface area contributed by atoms with Crippen LogP contribution in [0.3, 0.4) is 0 Å². The van der Waals surface area contributed by atoms with Crippen molar-refractivity contribution in [2.75, 3.05) is 0 Å². The number of H-pyrrole nitrogens is 1. The van der Waals surface area contributed by atoms with E-state index in [1.165, 1.54) is 0 Å². The van der Waals surface area contributed by atoms with Crippen LogP contribution in [-0.4, -0.2) is 24.5 Å². The highest BCUT2D eigenvalue weighted by Crippen LogP contribution is 2.11. The molecule has 0 aliphatic rings. The molecule has 8 heteroatoms. The molecule has 0 spiro atoms. The maximum Gasteiger partial charge on any atom is 0.357 e. The molecule has 84 valence electrons. The number of rotatable bonds is 2. The van der Waals surface area contributed by atoms with Gasteiger partial charge >= 0.3 is 11.2 Å². The number of nitrogens with zero attached hydrogens (tertiary/aromatic N) is 4. The molecule has 2 rings (SSSR count). The van der Waals surface area contributed by atoms with Gasteiger partial charge in [-0.1, -0.05) is 6.92 Å². The Hall–Kier alpha value is -2.25. The van der Waals surface area contributed by atoms with Crippen molar-refractivity contribution in [3.63, 3.8) is 0 Å². The number of nitrogens with one attached hydrogen (secondary N) is 1. The Morgan fingerprint density at radius 1 is 1.50 bits per heavy atom. The van der Waals surface area contributed by atoms with E-state index in [-0.39, 0.29) is 11.5 Å². The van der Waals surface area contributed by atoms with E-state index in [4.69, 9.17) is 0 Å². The van der Waals surface area contributed by atoms with Gasteiger partial charge in [0.05, 0.1) is 4.92 Å². The number of aromatic amines is 1. The Morgan fingerprint density at radius 2 is 2.19 bits per heavy atom. The van der Waals surface area contributed by atoms with Gasteiger partial charge in [0.25, 0.3) is 5.78 Å². The maximum absolute atomic E-state index is 11.8. The zero-order chi connectivity index (χ0) is 11.9. The monoisotopic (exact) mass is 223 g/mol. The first-order valence-corrected chi connectivity index (χ1v) is 4.67. The standard InChI is InChI=1S/C8H9N5O3/c1-3-5-6(13(15)16)7(14)12-8(10-5)9-4(2)11-12/h3H2,1-2H3,(H,9,10,11). The van der Waals surface area contributed by atoms with E-state index >= 15 is 0 Å². The number of nitro groups is 1. The van der Waals surface area contributed by atoms with Crippen LogP contribution >= 0.6 is 0 Å². The smallest absolute Gasteiger partial charge is 0.275 e. The molecule has 0 unspecified atom stereocenters. The molecule has 0 saturated carbocycles. The zero-order valence-electron chi connectivity index (χ0n) is 8.72. The molecule has 8 nitrogen and oxygen atoms in total. The molecular weight excluding hydrogens is 214 g/mol. The lowest BCUT2D eigenvalue weighted by Gasteiger charge is -1.98. The van der Waals surface area contributed by atoms with Gasteiger partial charge in [-0.25, -0.2) is 4.98 Å². The van der Waals surface area contributed by atoms with Crippen LogP contribution in [0.1, 0.15) is 18.4 Å². The minimum absolute atomic E-state index is 0.154. The summed E-state index contributed by atoms with van der Waals surface area (Å²) in [5.41, 5.74) is -1.07. The molecule has 2 aromatic rings. The van der Waals surface area contributed by atoms with E-state index in [1.54, 1.807) is 13.8 Å². The summed E-state index contributed by atoms with van der Waals surface area (Å²) < 4.78 is 0.979. The number of hydrogen-bond acceptors (Lipinski definition) is 5. The van der Waals surface area contributed by atoms with Crippen molar-refractivity contribution >= 4 is 11.5 Å². The van der Waals surface area contributed by atoms with E-state index in [0.717, 1.165) is 4.52 Å². The van der Waals surface area contributed by atoms with Crippen LogP contribution in [-0.2, 0) is 6.42 Å². The van der Waals surface area contributed by atoms with Gasteiger partial charge < -0.3 is 0 Å². The van der Waals surface area contributed by atoms with Crippen molar-refractivity contribution in [1.82, 2.24) is 19.6 Å². The van der Waals surface area contributed by atoms with E-state index in [9.17, 15) is 14.9 Å². The third-order valence-electron chi connectivity index (χ3n) is 2.17. The van der Waals surface area contributed by atoms with Gasteiger partial charge in [0, 0.05) is 0 Å². The van der Waals surface area contributed by atoms with Crippen LogP contribution in [0.15, 0.2) is 4.79 Å². The average Bonchev–Trinajstić information content (AvgIpc) is 2.58. The third-order valence-corrected chi connectivity index (χ3v) is 2.17. The minimum atomic E-state index is -0.729. The van der Waals surface area contributed by atoms with Gasteiger partial charge in [-0.15, -0.1) is 0 Å². The quantitative estimate of drug-likeness (QED) is 0.578. The highest BCUT2D eigenvalue weighted by molar-refractivity contribution is 5.40. The van der Waals surface area contributed by atoms with Gasteiger partial charge in [-0.05, 0) is 13.3 Å². The molecule has 0 saturated heterocycles. The normalized spacial score (nSPS) is 10.9. The fourth-order valence-corrected chi connectivity index (χ4v) is 1.49. The molecule has 1 N–H and O–H groups in total. The molecule has 0 amide bonds. The lowest BCUT2D eigenvalue weighted by Crippen LogP contribution is -2.21. The van der Waals surface area contributed by atoms with Gasteiger partial charge in [-0.2, -0.15) is 9.50 Å². The molecule has 16 heavy (non-hydrogen) atoms. The second kappa shape index (κ2) is 3.40. The fraction of sp³-hybridized carbons (Fsp3) is 0.375. The molecule has 2 aromatic heterocycles. The molecule has 0 radical (unpaired) electrons. The predicted octanol–water partition coefficient (Wildman–Crippen LogP) is 0.197. The number of aryl methyl sites for hydroxylation is 2. The molecule has 2 heterocycles. The zero-order valence-corrected chi connectivity index (χ0v) is 8.72. The van der Waals surface area contributed by atoms with E-state index < -0.39 is 16.2 Å². The summed E-state index contributed by atoms with van der Waals surface area (Å²) in [4.78, 5) is 29.8. The van der Waals surface area contributed by atoms with Crippen LogP contribution in [0.5, 0.6) is 0 Å². The summed E-state index contributed by atoms with van der Waals surface area (Å²) in [6.07, 6.45) is 0.313. The van der Waals surface area contributed by atoms with Crippen LogP contribution in [0.4, 0.5) is 5.69 Å². The second-order valence-corrected chi connectivity index (χ2v) is 3.27. The molecule has 0 aliphatic heterocycles. The summed E-state index contributed by atoms with van der Waals surface area (Å²) in [6.45, 7) is 3.34. The van der Waals surface area contributed by atoms with Crippen LogP contribution in [0.2, 0.25) is 0 Å². The Morgan fingerprint density at radius 3 is 2.75 bits per heavy atom. The van der Waals surface area contributed by atoms with E-state index in [2.05, 4.69) is 15.1 Å². The lowest BCUT2D eigenvalue weighted by molar-refractivity contribution is -0.387. The lowest BCUT2D eigenvalue weighted by atomic mass is 10.3. The first kappa shape index (κ1) is 10.3. The number of aromatic nitrogens is 4. The second-order valence-electron chi connectivity index (χ2n) is 3.27. The topological polar surface area (TPSA) is 106 Å². The molecule has 0 bridgehead atoms. The molecule has 0 aromatic carbocycles. The van der Waals surface area contributed by atoms with Gasteiger partial charge in [-0.3, -0.25) is 20.0 Å². The Bertz CT molecular complexity index is 626. The first-order chi connectivity index (χ1) is 7.54. The summed E-state index contributed by atoms with van der Waals surface area (Å²) in [5, 5.41) is 13.4. The summed E-state index contributed by atoms with van der Waals surface area (Å²) >= 11 is 0. The summed E-state index contributed by atoms with van der Waals surface area (Å²) in [5.74, 6) is 0.636. The van der Waals surface area contributed by atoms with Gasteiger partial charge in [0.2, 0.25) is 0 Å². The summed E-state index contributed by atoms with van der Waals surface area (Å²) in [7, 11) is 0. The van der Waals surface area contributed by atoms with Crippen LogP contribution in [0.25, 0.3) is 5.78 Å². The minimum Gasteiger partial charge on any atom is -0.275 e. The van der Waals surface area contributed by atoms with Crippen molar-refractivity contribution < 1.29 is 4.92 Å².